The van der Waals surface area contributed by atoms with Gasteiger partial charge in [0, 0.05) is 18.7 Å². The molecule has 0 aliphatic heterocycles. The van der Waals surface area contributed by atoms with E-state index < -0.39 is 4.92 Å². The molecule has 4 aliphatic rings. The fourth-order valence-electron chi connectivity index (χ4n) is 6.04. The highest BCUT2D eigenvalue weighted by Gasteiger charge is 2.50. The van der Waals surface area contributed by atoms with Crippen molar-refractivity contribution in [2.75, 3.05) is 12.3 Å². The van der Waals surface area contributed by atoms with E-state index in [0.717, 1.165) is 38.9 Å². The van der Waals surface area contributed by atoms with Crippen LogP contribution >= 0.6 is 23.1 Å². The molecule has 2 aromatic rings. The maximum Gasteiger partial charge on any atom is 0.270 e. The van der Waals surface area contributed by atoms with Crippen LogP contribution in [0.25, 0.3) is 10.2 Å². The molecule has 1 aromatic carbocycles. The third kappa shape index (κ3) is 3.52. The second-order valence-corrected chi connectivity index (χ2v) is 11.1. The van der Waals surface area contributed by atoms with E-state index in [1.165, 1.54) is 67.7 Å². The maximum absolute atomic E-state index is 12.4. The maximum atomic E-state index is 12.4. The van der Waals surface area contributed by atoms with Gasteiger partial charge in [0.1, 0.15) is 0 Å². The minimum Gasteiger partial charge on any atom is -0.355 e. The van der Waals surface area contributed by atoms with Gasteiger partial charge in [-0.1, -0.05) is 11.8 Å². The van der Waals surface area contributed by atoms with E-state index in [9.17, 15) is 14.9 Å². The first-order chi connectivity index (χ1) is 13.5. The summed E-state index contributed by atoms with van der Waals surface area (Å²) in [5.74, 6) is 3.08. The summed E-state index contributed by atoms with van der Waals surface area (Å²) in [6.07, 6.45) is 8.13. The Morgan fingerprint density at radius 2 is 1.93 bits per heavy atom. The Kier molecular flexibility index (Phi) is 4.58. The zero-order valence-electron chi connectivity index (χ0n) is 15.6. The number of amides is 1. The summed E-state index contributed by atoms with van der Waals surface area (Å²) in [6, 6.07) is 4.68. The van der Waals surface area contributed by atoms with Crippen LogP contribution in [0.5, 0.6) is 0 Å². The minimum atomic E-state index is -0.399. The lowest BCUT2D eigenvalue weighted by atomic mass is 9.49. The number of benzene rings is 1. The number of hydrogen-bond donors (Lipinski definition) is 1. The SMILES string of the molecule is O=C(CSc1nc2ccc([N+](=O)[O-])cc2s1)NCC12CC3CC(CC(C3)C1)C2. The second-order valence-electron chi connectivity index (χ2n) is 8.87. The van der Waals surface area contributed by atoms with Crippen LogP contribution in [0.1, 0.15) is 38.5 Å². The second kappa shape index (κ2) is 6.99. The number of hydrogen-bond acceptors (Lipinski definition) is 6. The Morgan fingerprint density at radius 1 is 1.25 bits per heavy atom. The highest BCUT2D eigenvalue weighted by Crippen LogP contribution is 2.59. The average Bonchev–Trinajstić information content (AvgIpc) is 3.06. The molecule has 4 aliphatic carbocycles. The molecule has 0 atom stereocenters. The summed E-state index contributed by atoms with van der Waals surface area (Å²) in [5.41, 5.74) is 1.16. The van der Waals surface area contributed by atoms with Gasteiger partial charge in [0.25, 0.3) is 5.69 Å². The molecular formula is C20H23N3O3S2. The van der Waals surface area contributed by atoms with Gasteiger partial charge in [-0.15, -0.1) is 11.3 Å². The van der Waals surface area contributed by atoms with Crippen LogP contribution in [0.4, 0.5) is 5.69 Å². The predicted octanol–water partition coefficient (Wildman–Crippen LogP) is 4.63. The van der Waals surface area contributed by atoms with Crippen molar-refractivity contribution in [1.29, 1.82) is 0 Å². The van der Waals surface area contributed by atoms with Crippen molar-refractivity contribution >= 4 is 44.9 Å². The molecule has 1 N–H and O–H groups in total. The Hall–Kier alpha value is -1.67. The van der Waals surface area contributed by atoms with Crippen LogP contribution in [0, 0.1) is 33.3 Å². The number of nitrogens with zero attached hydrogens (tertiary/aromatic N) is 2. The standard InChI is InChI=1S/C20H23N3O3S2/c24-18(21-11-20-7-12-3-13(8-20)5-14(4-12)9-20)10-27-19-22-16-2-1-15(23(25)26)6-17(16)28-19/h1-2,6,12-14H,3-5,7-11H2,(H,21,24). The molecule has 1 heterocycles. The fraction of sp³-hybridized carbons (Fsp3) is 0.600. The first-order valence-electron chi connectivity index (χ1n) is 9.92. The van der Waals surface area contributed by atoms with Crippen LogP contribution in [0.2, 0.25) is 0 Å². The van der Waals surface area contributed by atoms with Gasteiger partial charge < -0.3 is 5.32 Å². The van der Waals surface area contributed by atoms with Crippen molar-refractivity contribution in [3.63, 3.8) is 0 Å². The number of nitro groups is 1. The molecule has 0 radical (unpaired) electrons. The lowest BCUT2D eigenvalue weighted by molar-refractivity contribution is -0.384. The Balaban J connectivity index is 1.17. The van der Waals surface area contributed by atoms with Gasteiger partial charge in [-0.2, -0.15) is 0 Å². The number of aromatic nitrogens is 1. The Labute approximate surface area is 171 Å². The van der Waals surface area contributed by atoms with Gasteiger partial charge in [-0.25, -0.2) is 4.98 Å². The summed E-state index contributed by atoms with van der Waals surface area (Å²) >= 11 is 2.81. The van der Waals surface area contributed by atoms with Crippen molar-refractivity contribution < 1.29 is 9.72 Å². The number of carbonyl (C=O) groups excluding carboxylic acids is 1. The van der Waals surface area contributed by atoms with Gasteiger partial charge in [-0.3, -0.25) is 14.9 Å². The van der Waals surface area contributed by atoms with Gasteiger partial charge in [0.15, 0.2) is 4.34 Å². The van der Waals surface area contributed by atoms with Gasteiger partial charge in [0.05, 0.1) is 20.9 Å². The van der Waals surface area contributed by atoms with Crippen molar-refractivity contribution in [3.8, 4) is 0 Å². The van der Waals surface area contributed by atoms with Gasteiger partial charge in [0.2, 0.25) is 5.91 Å². The summed E-state index contributed by atoms with van der Waals surface area (Å²) in [6.45, 7) is 0.821. The number of non-ortho nitro benzene ring substituents is 1. The van der Waals surface area contributed by atoms with E-state index in [1.54, 1.807) is 12.1 Å². The van der Waals surface area contributed by atoms with Crippen LogP contribution in [-0.4, -0.2) is 28.1 Å². The smallest absolute Gasteiger partial charge is 0.270 e. The minimum absolute atomic E-state index is 0.0611. The first-order valence-corrected chi connectivity index (χ1v) is 11.7. The highest BCUT2D eigenvalue weighted by atomic mass is 32.2. The lowest BCUT2D eigenvalue weighted by Crippen LogP contribution is -2.51. The number of fused-ring (bicyclic) bond motifs is 1. The Bertz CT molecular complexity index is 907. The molecule has 1 amide bonds. The lowest BCUT2D eigenvalue weighted by Gasteiger charge is -2.56. The third-order valence-electron chi connectivity index (χ3n) is 6.72. The van der Waals surface area contributed by atoms with E-state index in [0.29, 0.717) is 11.2 Å². The topological polar surface area (TPSA) is 85.1 Å². The number of thiazole rings is 1. The number of nitrogens with one attached hydrogen (secondary N) is 1. The molecule has 148 valence electrons. The molecule has 0 saturated heterocycles. The predicted molar refractivity (Wildman–Crippen MR) is 111 cm³/mol. The largest absolute Gasteiger partial charge is 0.355 e. The molecule has 4 saturated carbocycles. The van der Waals surface area contributed by atoms with E-state index in [4.69, 9.17) is 0 Å². The number of thioether (sulfide) groups is 1. The monoisotopic (exact) mass is 417 g/mol. The fourth-order valence-corrected chi connectivity index (χ4v) is 7.97. The molecule has 1 aromatic heterocycles. The van der Waals surface area contributed by atoms with Crippen molar-refractivity contribution in [2.45, 2.75) is 42.9 Å². The van der Waals surface area contributed by atoms with Crippen molar-refractivity contribution in [1.82, 2.24) is 10.3 Å². The molecule has 28 heavy (non-hydrogen) atoms. The molecule has 6 rings (SSSR count). The molecule has 8 heteroatoms. The summed E-state index contributed by atoms with van der Waals surface area (Å²) < 4.78 is 1.56. The molecule has 6 nitrogen and oxygen atoms in total. The molecule has 4 fully saturated rings. The van der Waals surface area contributed by atoms with E-state index in [1.807, 2.05) is 0 Å². The average molecular weight is 418 g/mol. The van der Waals surface area contributed by atoms with Crippen LogP contribution < -0.4 is 5.32 Å². The Morgan fingerprint density at radius 3 is 2.57 bits per heavy atom. The van der Waals surface area contributed by atoms with E-state index in [-0.39, 0.29) is 11.6 Å². The van der Waals surface area contributed by atoms with E-state index >= 15 is 0 Å². The first kappa shape index (κ1) is 18.4. The normalized spacial score (nSPS) is 30.6. The van der Waals surface area contributed by atoms with Crippen molar-refractivity contribution in [3.05, 3.63) is 28.3 Å². The number of rotatable bonds is 6. The van der Waals surface area contributed by atoms with Crippen LogP contribution in [-0.2, 0) is 4.79 Å². The zero-order valence-corrected chi connectivity index (χ0v) is 17.2. The molecular weight excluding hydrogens is 394 g/mol. The molecule has 4 bridgehead atoms. The summed E-state index contributed by atoms with van der Waals surface area (Å²) in [5, 5.41) is 14.1. The van der Waals surface area contributed by atoms with Crippen LogP contribution in [0.15, 0.2) is 22.5 Å². The van der Waals surface area contributed by atoms with Crippen LogP contribution in [0.3, 0.4) is 0 Å². The number of carbonyl (C=O) groups is 1. The van der Waals surface area contributed by atoms with Crippen molar-refractivity contribution in [2.24, 2.45) is 23.2 Å². The van der Waals surface area contributed by atoms with Gasteiger partial charge in [-0.05, 0) is 67.8 Å². The zero-order chi connectivity index (χ0) is 19.3. The summed E-state index contributed by atoms with van der Waals surface area (Å²) in [4.78, 5) is 27.4. The van der Waals surface area contributed by atoms with Gasteiger partial charge >= 0.3 is 0 Å². The quantitative estimate of drug-likeness (QED) is 0.421. The highest BCUT2D eigenvalue weighted by molar-refractivity contribution is 8.01. The summed E-state index contributed by atoms with van der Waals surface area (Å²) in [7, 11) is 0. The third-order valence-corrected chi connectivity index (χ3v) is 8.88. The number of nitro benzene ring substituents is 1. The van der Waals surface area contributed by atoms with E-state index in [2.05, 4.69) is 10.3 Å². The molecule has 0 unspecified atom stereocenters. The molecule has 0 spiro atoms.